The van der Waals surface area contributed by atoms with Crippen LogP contribution in [0.2, 0.25) is 0 Å². The van der Waals surface area contributed by atoms with Crippen LogP contribution in [0.15, 0.2) is 0 Å². The summed E-state index contributed by atoms with van der Waals surface area (Å²) < 4.78 is 0. The van der Waals surface area contributed by atoms with Crippen molar-refractivity contribution >= 4 is 11.8 Å². The van der Waals surface area contributed by atoms with Crippen LogP contribution in [0.25, 0.3) is 0 Å². The van der Waals surface area contributed by atoms with Crippen LogP contribution in [0, 0.1) is 5.92 Å². The lowest BCUT2D eigenvalue weighted by Gasteiger charge is -2.41. The van der Waals surface area contributed by atoms with E-state index in [4.69, 9.17) is 5.73 Å². The van der Waals surface area contributed by atoms with Crippen LogP contribution >= 0.6 is 0 Å². The maximum absolute atomic E-state index is 12.4. The second-order valence-corrected chi connectivity index (χ2v) is 6.51. The van der Waals surface area contributed by atoms with Gasteiger partial charge in [-0.1, -0.05) is 20.3 Å². The molecule has 0 saturated carbocycles. The first-order valence-electron chi connectivity index (χ1n) is 8.38. The van der Waals surface area contributed by atoms with E-state index in [1.54, 1.807) is 0 Å². The summed E-state index contributed by atoms with van der Waals surface area (Å²) >= 11 is 0. The molecule has 2 heterocycles. The Labute approximate surface area is 127 Å². The van der Waals surface area contributed by atoms with E-state index >= 15 is 0 Å². The van der Waals surface area contributed by atoms with Gasteiger partial charge in [-0.15, -0.1) is 0 Å². The number of piperidine rings is 2. The maximum atomic E-state index is 12.4. The van der Waals surface area contributed by atoms with Crippen molar-refractivity contribution < 1.29 is 9.59 Å². The number of rotatable bonds is 4. The molecule has 2 N–H and O–H groups in total. The van der Waals surface area contributed by atoms with Crippen LogP contribution < -0.4 is 5.73 Å². The van der Waals surface area contributed by atoms with Crippen molar-refractivity contribution in [1.29, 1.82) is 0 Å². The molecule has 5 heteroatoms. The summed E-state index contributed by atoms with van der Waals surface area (Å²) in [5.74, 6) is 0.592. The topological polar surface area (TPSA) is 66.6 Å². The van der Waals surface area contributed by atoms with Gasteiger partial charge in [0.15, 0.2) is 0 Å². The zero-order valence-electron chi connectivity index (χ0n) is 13.4. The van der Waals surface area contributed by atoms with Gasteiger partial charge in [-0.05, 0) is 31.6 Å². The zero-order valence-corrected chi connectivity index (χ0v) is 13.4. The molecule has 5 nitrogen and oxygen atoms in total. The second kappa shape index (κ2) is 7.25. The lowest BCUT2D eigenvalue weighted by molar-refractivity contribution is -0.139. The average Bonchev–Trinajstić information content (AvgIpc) is 2.53. The van der Waals surface area contributed by atoms with Crippen LogP contribution in [0.3, 0.4) is 0 Å². The molecule has 2 aliphatic rings. The number of likely N-dealkylation sites (tertiary alicyclic amines) is 2. The molecule has 0 bridgehead atoms. The normalized spacial score (nSPS) is 24.0. The minimum absolute atomic E-state index is 0.0766. The molecular weight excluding hydrogens is 266 g/mol. The van der Waals surface area contributed by atoms with Gasteiger partial charge in [0.2, 0.25) is 11.8 Å². The Hall–Kier alpha value is -1.10. The number of carbonyl (C=O) groups excluding carboxylic acids is 2. The minimum atomic E-state index is -0.386. The Morgan fingerprint density at radius 2 is 1.95 bits per heavy atom. The smallest absolute Gasteiger partial charge is 0.239 e. The van der Waals surface area contributed by atoms with Crippen molar-refractivity contribution in [3.63, 3.8) is 0 Å². The van der Waals surface area contributed by atoms with Crippen molar-refractivity contribution in [3.8, 4) is 0 Å². The molecule has 2 amide bonds. The highest BCUT2D eigenvalue weighted by Gasteiger charge is 2.32. The lowest BCUT2D eigenvalue weighted by Crippen LogP contribution is -2.54. The summed E-state index contributed by atoms with van der Waals surface area (Å²) in [4.78, 5) is 28.3. The Morgan fingerprint density at radius 3 is 2.52 bits per heavy atom. The highest BCUT2D eigenvalue weighted by molar-refractivity contribution is 5.82. The van der Waals surface area contributed by atoms with Gasteiger partial charge in [0, 0.05) is 32.1 Å². The first-order valence-corrected chi connectivity index (χ1v) is 8.38. The summed E-state index contributed by atoms with van der Waals surface area (Å²) in [5.41, 5.74) is 6.05. The molecule has 0 aromatic heterocycles. The van der Waals surface area contributed by atoms with Gasteiger partial charge < -0.3 is 15.5 Å². The van der Waals surface area contributed by atoms with E-state index in [9.17, 15) is 9.59 Å². The molecule has 0 spiro atoms. The SMILES string of the molecule is CC[C@@H](C)[C@@H](N)C(=O)N1CCC(N2CCCCC2=O)CC1. The van der Waals surface area contributed by atoms with Crippen molar-refractivity contribution in [2.45, 2.75) is 64.5 Å². The maximum Gasteiger partial charge on any atom is 0.239 e. The summed E-state index contributed by atoms with van der Waals surface area (Å²) in [7, 11) is 0. The summed E-state index contributed by atoms with van der Waals surface area (Å²) in [6.45, 7) is 6.45. The van der Waals surface area contributed by atoms with Gasteiger partial charge in [-0.3, -0.25) is 9.59 Å². The van der Waals surface area contributed by atoms with Crippen molar-refractivity contribution in [3.05, 3.63) is 0 Å². The molecule has 2 aliphatic heterocycles. The Kier molecular flexibility index (Phi) is 5.62. The zero-order chi connectivity index (χ0) is 15.4. The molecule has 0 aliphatic carbocycles. The number of nitrogens with two attached hydrogens (primary N) is 1. The second-order valence-electron chi connectivity index (χ2n) is 6.51. The Morgan fingerprint density at radius 1 is 1.29 bits per heavy atom. The predicted molar refractivity (Wildman–Crippen MR) is 82.6 cm³/mol. The largest absolute Gasteiger partial charge is 0.341 e. The molecule has 21 heavy (non-hydrogen) atoms. The highest BCUT2D eigenvalue weighted by Crippen LogP contribution is 2.22. The van der Waals surface area contributed by atoms with Gasteiger partial charge in [0.1, 0.15) is 0 Å². The molecular formula is C16H29N3O2. The van der Waals surface area contributed by atoms with Gasteiger partial charge in [0.25, 0.3) is 0 Å². The minimum Gasteiger partial charge on any atom is -0.341 e. The van der Waals surface area contributed by atoms with E-state index < -0.39 is 0 Å². The molecule has 2 saturated heterocycles. The van der Waals surface area contributed by atoms with Crippen molar-refractivity contribution in [1.82, 2.24) is 9.80 Å². The fourth-order valence-corrected chi connectivity index (χ4v) is 3.32. The predicted octanol–water partition coefficient (Wildman–Crippen LogP) is 1.36. The number of nitrogens with zero attached hydrogens (tertiary/aromatic N) is 2. The third-order valence-corrected chi connectivity index (χ3v) is 5.12. The van der Waals surface area contributed by atoms with Crippen LogP contribution in [0.4, 0.5) is 0 Å². The van der Waals surface area contributed by atoms with Crippen LogP contribution in [0.5, 0.6) is 0 Å². The molecule has 2 rings (SSSR count). The van der Waals surface area contributed by atoms with Crippen LogP contribution in [-0.2, 0) is 9.59 Å². The fourth-order valence-electron chi connectivity index (χ4n) is 3.32. The van der Waals surface area contributed by atoms with Crippen LogP contribution in [-0.4, -0.2) is 53.3 Å². The van der Waals surface area contributed by atoms with E-state index in [0.29, 0.717) is 18.4 Å². The number of amides is 2. The quantitative estimate of drug-likeness (QED) is 0.851. The van der Waals surface area contributed by atoms with E-state index in [0.717, 1.165) is 51.7 Å². The van der Waals surface area contributed by atoms with E-state index in [1.165, 1.54) is 0 Å². The first-order chi connectivity index (χ1) is 10.0. The molecule has 0 radical (unpaired) electrons. The summed E-state index contributed by atoms with van der Waals surface area (Å²) in [5, 5.41) is 0. The molecule has 2 fully saturated rings. The standard InChI is InChI=1S/C16H29N3O2/c1-3-12(2)15(17)16(21)18-10-7-13(8-11-18)19-9-5-4-6-14(19)20/h12-13,15H,3-11,17H2,1-2H3/t12-,15-/m1/s1. The highest BCUT2D eigenvalue weighted by atomic mass is 16.2. The molecule has 0 aromatic rings. The van der Waals surface area contributed by atoms with Gasteiger partial charge >= 0.3 is 0 Å². The Bertz CT molecular complexity index is 378. The van der Waals surface area contributed by atoms with E-state index in [1.807, 2.05) is 16.7 Å². The van der Waals surface area contributed by atoms with Gasteiger partial charge in [0.05, 0.1) is 6.04 Å². The van der Waals surface area contributed by atoms with Crippen molar-refractivity contribution in [2.24, 2.45) is 11.7 Å². The van der Waals surface area contributed by atoms with E-state index in [-0.39, 0.29) is 17.9 Å². The van der Waals surface area contributed by atoms with Gasteiger partial charge in [-0.2, -0.15) is 0 Å². The number of hydrogen-bond acceptors (Lipinski definition) is 3. The fraction of sp³-hybridized carbons (Fsp3) is 0.875. The first kappa shape index (κ1) is 16.3. The molecule has 0 aromatic carbocycles. The molecule has 2 atom stereocenters. The lowest BCUT2D eigenvalue weighted by atomic mass is 9.96. The Balaban J connectivity index is 1.85. The average molecular weight is 295 g/mol. The number of carbonyl (C=O) groups is 2. The monoisotopic (exact) mass is 295 g/mol. The molecule has 120 valence electrons. The van der Waals surface area contributed by atoms with E-state index in [2.05, 4.69) is 6.92 Å². The van der Waals surface area contributed by atoms with Crippen molar-refractivity contribution in [2.75, 3.05) is 19.6 Å². The third-order valence-electron chi connectivity index (χ3n) is 5.12. The third kappa shape index (κ3) is 3.76. The molecule has 0 unspecified atom stereocenters. The summed E-state index contributed by atoms with van der Waals surface area (Å²) in [6.07, 6.45) is 5.54. The number of hydrogen-bond donors (Lipinski definition) is 1. The summed E-state index contributed by atoms with van der Waals surface area (Å²) in [6, 6.07) is -0.0650. The van der Waals surface area contributed by atoms with Crippen LogP contribution in [0.1, 0.15) is 52.4 Å². The van der Waals surface area contributed by atoms with Gasteiger partial charge in [-0.25, -0.2) is 0 Å².